The average Bonchev–Trinajstić information content (AvgIpc) is 2.26. The molecule has 0 radical (unpaired) electrons. The molecule has 8 heteroatoms. The Kier molecular flexibility index (Phi) is 4.23. The zero-order valence-corrected chi connectivity index (χ0v) is 9.87. The number of sulfonamides is 1. The molecule has 0 saturated heterocycles. The number of hydrogen-bond acceptors (Lipinski definition) is 4. The van der Waals surface area contributed by atoms with E-state index in [9.17, 15) is 17.6 Å². The molecular weight excluding hydrogens is 263 g/mol. The first kappa shape index (κ1) is 13.9. The minimum absolute atomic E-state index is 0.206. The Morgan fingerprint density at radius 2 is 2.17 bits per heavy atom. The third kappa shape index (κ3) is 3.71. The molecule has 96 valence electrons. The monoisotopic (exact) mass is 272 g/mol. The fraction of sp³-hybridized carbons (Fsp3) is 0.200. The molecular formula is C10H9FN2O4S. The van der Waals surface area contributed by atoms with E-state index in [0.717, 1.165) is 6.07 Å². The standard InChI is InChI=1S/C10H9FN2O4S/c11-8-2-1-3-9(7(8)6-12)13-18(16,17)5-4-10(14)15/h1-3,13H,4-5H2,(H,14,15). The lowest BCUT2D eigenvalue weighted by atomic mass is 10.2. The molecule has 0 bridgehead atoms. The number of nitriles is 1. The first-order chi connectivity index (χ1) is 8.35. The van der Waals surface area contributed by atoms with Gasteiger partial charge < -0.3 is 5.11 Å². The maximum absolute atomic E-state index is 13.2. The van der Waals surface area contributed by atoms with Gasteiger partial charge in [-0.15, -0.1) is 0 Å². The molecule has 18 heavy (non-hydrogen) atoms. The molecule has 2 N–H and O–H groups in total. The molecule has 0 aliphatic rings. The van der Waals surface area contributed by atoms with Crippen LogP contribution in [0.15, 0.2) is 18.2 Å². The van der Waals surface area contributed by atoms with Gasteiger partial charge in [-0.1, -0.05) is 6.07 Å². The van der Waals surface area contributed by atoms with Crippen molar-refractivity contribution in [3.63, 3.8) is 0 Å². The van der Waals surface area contributed by atoms with Crippen LogP contribution >= 0.6 is 0 Å². The third-order valence-electron chi connectivity index (χ3n) is 1.98. The number of carboxylic acid groups (broad SMARTS) is 1. The number of halogens is 1. The van der Waals surface area contributed by atoms with Crippen molar-refractivity contribution in [3.8, 4) is 6.07 Å². The van der Waals surface area contributed by atoms with Gasteiger partial charge in [-0.2, -0.15) is 5.26 Å². The average molecular weight is 272 g/mol. The lowest BCUT2D eigenvalue weighted by Crippen LogP contribution is -2.19. The summed E-state index contributed by atoms with van der Waals surface area (Å²) < 4.78 is 38.1. The molecule has 0 saturated carbocycles. The second kappa shape index (κ2) is 5.46. The van der Waals surface area contributed by atoms with Gasteiger partial charge in [0.2, 0.25) is 10.0 Å². The Morgan fingerprint density at radius 3 is 2.72 bits per heavy atom. The molecule has 1 rings (SSSR count). The molecule has 0 aliphatic carbocycles. The van der Waals surface area contributed by atoms with Crippen LogP contribution in [0.3, 0.4) is 0 Å². The smallest absolute Gasteiger partial charge is 0.304 e. The predicted octanol–water partition coefficient (Wildman–Crippen LogP) is 0.914. The number of benzene rings is 1. The summed E-state index contributed by atoms with van der Waals surface area (Å²) in [5, 5.41) is 17.1. The summed E-state index contributed by atoms with van der Waals surface area (Å²) in [6, 6.07) is 5.02. The fourth-order valence-electron chi connectivity index (χ4n) is 1.16. The highest BCUT2D eigenvalue weighted by Crippen LogP contribution is 2.19. The molecule has 0 unspecified atom stereocenters. The van der Waals surface area contributed by atoms with Crippen LogP contribution in [0.1, 0.15) is 12.0 Å². The Labute approximate surface area is 103 Å². The molecule has 0 fully saturated rings. The van der Waals surface area contributed by atoms with Crippen molar-refractivity contribution in [1.82, 2.24) is 0 Å². The van der Waals surface area contributed by atoms with Crippen LogP contribution in [0, 0.1) is 17.1 Å². The van der Waals surface area contributed by atoms with Crippen LogP contribution in [0.25, 0.3) is 0 Å². The normalized spacial score (nSPS) is 10.7. The molecule has 0 spiro atoms. The molecule has 0 heterocycles. The zero-order valence-electron chi connectivity index (χ0n) is 9.05. The van der Waals surface area contributed by atoms with Crippen molar-refractivity contribution in [3.05, 3.63) is 29.6 Å². The molecule has 0 atom stereocenters. The number of hydrogen-bond donors (Lipinski definition) is 2. The summed E-state index contributed by atoms with van der Waals surface area (Å²) in [5.74, 6) is -2.76. The van der Waals surface area contributed by atoms with E-state index in [1.807, 2.05) is 4.72 Å². The highest BCUT2D eigenvalue weighted by atomic mass is 32.2. The van der Waals surface area contributed by atoms with Gasteiger partial charge in [0.25, 0.3) is 0 Å². The van der Waals surface area contributed by atoms with Crippen molar-refractivity contribution in [2.24, 2.45) is 0 Å². The van der Waals surface area contributed by atoms with Gasteiger partial charge in [-0.3, -0.25) is 9.52 Å². The second-order valence-corrected chi connectivity index (χ2v) is 5.18. The zero-order chi connectivity index (χ0) is 13.8. The largest absolute Gasteiger partial charge is 0.481 e. The van der Waals surface area contributed by atoms with E-state index in [4.69, 9.17) is 10.4 Å². The van der Waals surface area contributed by atoms with Crippen molar-refractivity contribution in [2.45, 2.75) is 6.42 Å². The topological polar surface area (TPSA) is 107 Å². The van der Waals surface area contributed by atoms with E-state index < -0.39 is 39.5 Å². The van der Waals surface area contributed by atoms with E-state index >= 15 is 0 Å². The number of rotatable bonds is 5. The maximum Gasteiger partial charge on any atom is 0.304 e. The number of aliphatic carboxylic acids is 1. The van der Waals surface area contributed by atoms with Crippen molar-refractivity contribution in [1.29, 1.82) is 5.26 Å². The number of nitrogens with zero attached hydrogens (tertiary/aromatic N) is 1. The first-order valence-electron chi connectivity index (χ1n) is 4.76. The summed E-state index contributed by atoms with van der Waals surface area (Å²) >= 11 is 0. The lowest BCUT2D eigenvalue weighted by Gasteiger charge is -2.08. The molecule has 1 aromatic rings. The number of nitrogens with one attached hydrogen (secondary N) is 1. The summed E-state index contributed by atoms with van der Waals surface area (Å²) in [6.07, 6.45) is -0.577. The van der Waals surface area contributed by atoms with Crippen molar-refractivity contribution < 1.29 is 22.7 Å². The SMILES string of the molecule is N#Cc1c(F)cccc1NS(=O)(=O)CCC(=O)O. The number of carbonyl (C=O) groups is 1. The summed E-state index contributed by atoms with van der Waals surface area (Å²) in [6.45, 7) is 0. The highest BCUT2D eigenvalue weighted by Gasteiger charge is 2.16. The Hall–Kier alpha value is -2.14. The minimum Gasteiger partial charge on any atom is -0.481 e. The summed E-state index contributed by atoms with van der Waals surface area (Å²) in [4.78, 5) is 10.3. The number of carboxylic acids is 1. The summed E-state index contributed by atoms with van der Waals surface area (Å²) in [7, 11) is -3.93. The van der Waals surface area contributed by atoms with Gasteiger partial charge in [0.05, 0.1) is 17.9 Å². The van der Waals surface area contributed by atoms with Crippen LogP contribution in [0.2, 0.25) is 0 Å². The Balaban J connectivity index is 2.95. The molecule has 0 aromatic heterocycles. The second-order valence-electron chi connectivity index (χ2n) is 3.34. The Morgan fingerprint density at radius 1 is 1.50 bits per heavy atom. The van der Waals surface area contributed by atoms with Gasteiger partial charge in [0.1, 0.15) is 17.4 Å². The first-order valence-corrected chi connectivity index (χ1v) is 6.42. The molecule has 0 amide bonds. The van der Waals surface area contributed by atoms with Gasteiger partial charge >= 0.3 is 5.97 Å². The quantitative estimate of drug-likeness (QED) is 0.828. The summed E-state index contributed by atoms with van der Waals surface area (Å²) in [5.41, 5.74) is -0.640. The highest BCUT2D eigenvalue weighted by molar-refractivity contribution is 7.92. The minimum atomic E-state index is -3.93. The van der Waals surface area contributed by atoms with Gasteiger partial charge in [-0.25, -0.2) is 12.8 Å². The van der Waals surface area contributed by atoms with Crippen LogP contribution in [0.5, 0.6) is 0 Å². The van der Waals surface area contributed by atoms with E-state index in [2.05, 4.69) is 0 Å². The van der Waals surface area contributed by atoms with Crippen molar-refractivity contribution in [2.75, 3.05) is 10.5 Å². The van der Waals surface area contributed by atoms with Gasteiger partial charge in [-0.05, 0) is 12.1 Å². The van der Waals surface area contributed by atoms with E-state index in [0.29, 0.717) is 0 Å². The van der Waals surface area contributed by atoms with E-state index in [1.165, 1.54) is 18.2 Å². The lowest BCUT2D eigenvalue weighted by molar-refractivity contribution is -0.136. The Bertz CT molecular complexity index is 607. The number of anilines is 1. The third-order valence-corrected chi connectivity index (χ3v) is 3.25. The molecule has 1 aromatic carbocycles. The van der Waals surface area contributed by atoms with E-state index in [-0.39, 0.29) is 5.69 Å². The fourth-order valence-corrected chi connectivity index (χ4v) is 2.21. The van der Waals surface area contributed by atoms with Crippen LogP contribution in [-0.2, 0) is 14.8 Å². The van der Waals surface area contributed by atoms with E-state index in [1.54, 1.807) is 0 Å². The van der Waals surface area contributed by atoms with Crippen LogP contribution in [-0.4, -0.2) is 25.2 Å². The van der Waals surface area contributed by atoms with Crippen LogP contribution < -0.4 is 4.72 Å². The van der Waals surface area contributed by atoms with Gasteiger partial charge in [0.15, 0.2) is 0 Å². The van der Waals surface area contributed by atoms with Crippen LogP contribution in [0.4, 0.5) is 10.1 Å². The van der Waals surface area contributed by atoms with Gasteiger partial charge in [0, 0.05) is 0 Å². The van der Waals surface area contributed by atoms with Crippen molar-refractivity contribution >= 4 is 21.7 Å². The maximum atomic E-state index is 13.2. The molecule has 0 aliphatic heterocycles. The predicted molar refractivity (Wildman–Crippen MR) is 60.8 cm³/mol. The molecule has 6 nitrogen and oxygen atoms in total.